The van der Waals surface area contributed by atoms with Crippen LogP contribution >= 0.6 is 24.0 Å². The molecule has 126 valence electrons. The Kier molecular flexibility index (Phi) is 5.47. The van der Waals surface area contributed by atoms with Gasteiger partial charge in [0.05, 0.1) is 17.1 Å². The van der Waals surface area contributed by atoms with Gasteiger partial charge >= 0.3 is 0 Å². The Labute approximate surface area is 148 Å². The Morgan fingerprint density at radius 3 is 3.00 bits per heavy atom. The molecule has 2 saturated heterocycles. The molecule has 4 nitrogen and oxygen atoms in total. The molecule has 0 amide bonds. The molecule has 2 atom stereocenters. The number of imidazole rings is 1. The first-order chi connectivity index (χ1) is 10.8. The second-order valence-electron chi connectivity index (χ2n) is 6.65. The highest BCUT2D eigenvalue weighted by Gasteiger charge is 2.30. The van der Waals surface area contributed by atoms with E-state index in [1.165, 1.54) is 51.9 Å². The minimum Gasteiger partial charge on any atom is -0.341 e. The Balaban J connectivity index is 0.00000156. The van der Waals surface area contributed by atoms with E-state index in [2.05, 4.69) is 15.2 Å². The molecule has 6 heteroatoms. The van der Waals surface area contributed by atoms with E-state index >= 15 is 0 Å². The number of likely N-dealkylation sites (tertiary alicyclic amines) is 1. The van der Waals surface area contributed by atoms with Crippen molar-refractivity contribution in [3.05, 3.63) is 29.0 Å². The molecule has 2 fully saturated rings. The number of nitrogens with one attached hydrogen (secondary N) is 2. The molecular weight excluding hydrogens is 331 g/mol. The van der Waals surface area contributed by atoms with E-state index in [9.17, 15) is 0 Å². The molecule has 3 heterocycles. The van der Waals surface area contributed by atoms with Gasteiger partial charge in [-0.3, -0.25) is 4.90 Å². The standard InChI is InChI=1S/C17H23ClN4.ClH/c18-13-5-6-14-15(9-13)21-17(20-14)16-4-2-8-22(16)11-12-3-1-7-19-10-12;/h5-6,9,12,16,19H,1-4,7-8,10-11H2,(H,20,21);1H. The van der Waals surface area contributed by atoms with Crippen molar-refractivity contribution in [2.24, 2.45) is 5.92 Å². The second kappa shape index (κ2) is 7.39. The number of halogens is 2. The highest BCUT2D eigenvalue weighted by atomic mass is 35.5. The quantitative estimate of drug-likeness (QED) is 0.881. The lowest BCUT2D eigenvalue weighted by Gasteiger charge is -2.30. The van der Waals surface area contributed by atoms with Crippen LogP contribution in [0.15, 0.2) is 18.2 Å². The molecule has 0 radical (unpaired) electrons. The molecule has 0 bridgehead atoms. The number of hydrogen-bond donors (Lipinski definition) is 2. The van der Waals surface area contributed by atoms with Crippen molar-refractivity contribution in [1.82, 2.24) is 20.2 Å². The number of piperidine rings is 1. The predicted octanol–water partition coefficient (Wildman–Crippen LogP) is 3.77. The first-order valence-electron chi connectivity index (χ1n) is 8.39. The summed E-state index contributed by atoms with van der Waals surface area (Å²) >= 11 is 6.08. The van der Waals surface area contributed by atoms with Crippen molar-refractivity contribution >= 4 is 35.0 Å². The van der Waals surface area contributed by atoms with Crippen LogP contribution in [0.2, 0.25) is 5.02 Å². The number of H-pyrrole nitrogens is 1. The average Bonchev–Trinajstić information content (AvgIpc) is 3.14. The molecule has 2 aliphatic rings. The lowest BCUT2D eigenvalue weighted by Crippen LogP contribution is -2.38. The molecule has 4 rings (SSSR count). The van der Waals surface area contributed by atoms with E-state index < -0.39 is 0 Å². The molecule has 1 aromatic heterocycles. The maximum Gasteiger partial charge on any atom is 0.124 e. The summed E-state index contributed by atoms with van der Waals surface area (Å²) in [6.07, 6.45) is 5.13. The van der Waals surface area contributed by atoms with Crippen LogP contribution in [-0.4, -0.2) is 41.0 Å². The zero-order valence-corrected chi connectivity index (χ0v) is 14.8. The van der Waals surface area contributed by atoms with E-state index in [0.717, 1.165) is 27.8 Å². The normalized spacial score (nSPS) is 25.6. The molecule has 2 unspecified atom stereocenters. The summed E-state index contributed by atoms with van der Waals surface area (Å²) in [7, 11) is 0. The summed E-state index contributed by atoms with van der Waals surface area (Å²) in [5.74, 6) is 1.90. The van der Waals surface area contributed by atoms with Gasteiger partial charge in [-0.2, -0.15) is 0 Å². The van der Waals surface area contributed by atoms with E-state index in [1.807, 2.05) is 18.2 Å². The van der Waals surface area contributed by atoms with E-state index in [0.29, 0.717) is 6.04 Å². The number of fused-ring (bicyclic) bond motifs is 1. The van der Waals surface area contributed by atoms with Crippen molar-refractivity contribution in [1.29, 1.82) is 0 Å². The molecule has 0 aliphatic carbocycles. The molecular formula is C17H24Cl2N4. The number of hydrogen-bond acceptors (Lipinski definition) is 3. The molecule has 0 spiro atoms. The molecule has 1 aromatic carbocycles. The first-order valence-corrected chi connectivity index (χ1v) is 8.77. The highest BCUT2D eigenvalue weighted by Crippen LogP contribution is 2.33. The van der Waals surface area contributed by atoms with Gasteiger partial charge < -0.3 is 10.3 Å². The van der Waals surface area contributed by atoms with Crippen molar-refractivity contribution in [3.63, 3.8) is 0 Å². The second-order valence-corrected chi connectivity index (χ2v) is 7.09. The fourth-order valence-corrected chi connectivity index (χ4v) is 4.10. The van der Waals surface area contributed by atoms with E-state index in [1.54, 1.807) is 0 Å². The first kappa shape index (κ1) is 17.0. The van der Waals surface area contributed by atoms with Crippen LogP contribution < -0.4 is 5.32 Å². The van der Waals surface area contributed by atoms with Crippen LogP contribution in [-0.2, 0) is 0 Å². The number of aromatic nitrogens is 2. The minimum absolute atomic E-state index is 0. The van der Waals surface area contributed by atoms with Gasteiger partial charge in [-0.25, -0.2) is 4.98 Å². The van der Waals surface area contributed by atoms with Gasteiger partial charge in [-0.15, -0.1) is 12.4 Å². The zero-order chi connectivity index (χ0) is 14.9. The fourth-order valence-electron chi connectivity index (χ4n) is 3.93. The number of rotatable bonds is 3. The van der Waals surface area contributed by atoms with Gasteiger partial charge in [0.25, 0.3) is 0 Å². The van der Waals surface area contributed by atoms with Crippen LogP contribution in [0.4, 0.5) is 0 Å². The Bertz CT molecular complexity index is 651. The highest BCUT2D eigenvalue weighted by molar-refractivity contribution is 6.31. The van der Waals surface area contributed by atoms with Crippen LogP contribution in [0.25, 0.3) is 11.0 Å². The average molecular weight is 355 g/mol. The third-order valence-electron chi connectivity index (χ3n) is 5.03. The molecule has 2 aliphatic heterocycles. The smallest absolute Gasteiger partial charge is 0.124 e. The SMILES string of the molecule is Cl.Clc1ccc2nc(C3CCCN3CC3CCCNC3)[nH]c2c1. The summed E-state index contributed by atoms with van der Waals surface area (Å²) in [6.45, 7) is 4.73. The summed E-state index contributed by atoms with van der Waals surface area (Å²) in [4.78, 5) is 10.9. The van der Waals surface area contributed by atoms with E-state index in [4.69, 9.17) is 16.6 Å². The molecule has 0 saturated carbocycles. The molecule has 2 aromatic rings. The zero-order valence-electron chi connectivity index (χ0n) is 13.2. The van der Waals surface area contributed by atoms with Crippen molar-refractivity contribution in [2.45, 2.75) is 31.7 Å². The largest absolute Gasteiger partial charge is 0.341 e. The summed E-state index contributed by atoms with van der Waals surface area (Å²) < 4.78 is 0. The molecule has 23 heavy (non-hydrogen) atoms. The lowest BCUT2D eigenvalue weighted by atomic mass is 9.99. The maximum absolute atomic E-state index is 6.08. The van der Waals surface area contributed by atoms with Gasteiger partial charge in [0.15, 0.2) is 0 Å². The number of nitrogens with zero attached hydrogens (tertiary/aromatic N) is 2. The third kappa shape index (κ3) is 3.66. The fraction of sp³-hybridized carbons (Fsp3) is 0.588. The topological polar surface area (TPSA) is 44.0 Å². The monoisotopic (exact) mass is 354 g/mol. The Morgan fingerprint density at radius 2 is 2.17 bits per heavy atom. The van der Waals surface area contributed by atoms with Gasteiger partial charge in [0.1, 0.15) is 5.82 Å². The number of aromatic amines is 1. The van der Waals surface area contributed by atoms with Crippen LogP contribution in [0.3, 0.4) is 0 Å². The minimum atomic E-state index is 0. The Morgan fingerprint density at radius 1 is 1.26 bits per heavy atom. The summed E-state index contributed by atoms with van der Waals surface area (Å²) in [6, 6.07) is 6.32. The third-order valence-corrected chi connectivity index (χ3v) is 5.27. The lowest BCUT2D eigenvalue weighted by molar-refractivity contribution is 0.191. The Hall–Kier alpha value is -0.810. The van der Waals surface area contributed by atoms with Crippen molar-refractivity contribution in [2.75, 3.05) is 26.2 Å². The molecule has 2 N–H and O–H groups in total. The van der Waals surface area contributed by atoms with Gasteiger partial charge in [0.2, 0.25) is 0 Å². The predicted molar refractivity (Wildman–Crippen MR) is 97.5 cm³/mol. The van der Waals surface area contributed by atoms with Crippen LogP contribution in [0.1, 0.15) is 37.5 Å². The maximum atomic E-state index is 6.08. The van der Waals surface area contributed by atoms with Crippen LogP contribution in [0.5, 0.6) is 0 Å². The van der Waals surface area contributed by atoms with Gasteiger partial charge in [0, 0.05) is 11.6 Å². The van der Waals surface area contributed by atoms with Crippen LogP contribution in [0, 0.1) is 5.92 Å². The van der Waals surface area contributed by atoms with Crippen molar-refractivity contribution < 1.29 is 0 Å². The van der Waals surface area contributed by atoms with Crippen molar-refractivity contribution in [3.8, 4) is 0 Å². The number of benzene rings is 1. The summed E-state index contributed by atoms with van der Waals surface area (Å²) in [5, 5.41) is 4.29. The summed E-state index contributed by atoms with van der Waals surface area (Å²) in [5.41, 5.74) is 2.07. The van der Waals surface area contributed by atoms with E-state index in [-0.39, 0.29) is 12.4 Å². The van der Waals surface area contributed by atoms with Gasteiger partial charge in [-0.1, -0.05) is 11.6 Å². The van der Waals surface area contributed by atoms with Gasteiger partial charge in [-0.05, 0) is 69.4 Å².